The third-order valence-electron chi connectivity index (χ3n) is 6.86. The van der Waals surface area contributed by atoms with Crippen LogP contribution in [0, 0.1) is 11.3 Å². The lowest BCUT2D eigenvalue weighted by atomic mass is 9.93. The average molecular weight is 521 g/mol. The average Bonchev–Trinajstić information content (AvgIpc) is 2.91. The quantitative estimate of drug-likeness (QED) is 0.355. The van der Waals surface area contributed by atoms with Crippen LogP contribution in [0.1, 0.15) is 52.6 Å². The molecule has 0 aliphatic carbocycles. The van der Waals surface area contributed by atoms with E-state index in [0.717, 1.165) is 24.5 Å². The minimum Gasteiger partial charge on any atom is -0.480 e. The van der Waals surface area contributed by atoms with Gasteiger partial charge in [-0.3, -0.25) is 9.69 Å². The molecular weight excluding hydrogens is 493 g/mol. The molecule has 1 heterocycles. The molecule has 0 aromatic heterocycles. The zero-order valence-corrected chi connectivity index (χ0v) is 20.6. The monoisotopic (exact) mass is 520 g/mol. The van der Waals surface area contributed by atoms with Gasteiger partial charge in [0.25, 0.3) is 0 Å². The molecule has 1 fully saturated rings. The Hall–Kier alpha value is -3.93. The lowest BCUT2D eigenvalue weighted by Gasteiger charge is -2.33. The Morgan fingerprint density at radius 1 is 1.03 bits per heavy atom. The van der Waals surface area contributed by atoms with Crippen molar-refractivity contribution in [3.63, 3.8) is 0 Å². The van der Waals surface area contributed by atoms with Gasteiger partial charge in [0.1, 0.15) is 12.1 Å². The number of carboxylic acids is 1. The molecule has 8 heteroatoms. The maximum Gasteiger partial charge on any atom is 0.416 e. The van der Waals surface area contributed by atoms with Crippen molar-refractivity contribution in [1.82, 2.24) is 4.90 Å². The molecule has 1 saturated heterocycles. The van der Waals surface area contributed by atoms with Crippen LogP contribution in [0.25, 0.3) is 23.3 Å². The fraction of sp³-hybridized carbons (Fsp3) is 0.267. The summed E-state index contributed by atoms with van der Waals surface area (Å²) in [6.45, 7) is -0.0377. The van der Waals surface area contributed by atoms with E-state index in [1.807, 2.05) is 30.3 Å². The molecule has 4 rings (SSSR count). The molecule has 3 aromatic rings. The van der Waals surface area contributed by atoms with Crippen molar-refractivity contribution in [3.8, 4) is 17.2 Å². The number of aliphatic hydroxyl groups is 1. The van der Waals surface area contributed by atoms with Crippen molar-refractivity contribution in [1.29, 1.82) is 5.26 Å². The molecule has 1 aliphatic heterocycles. The van der Waals surface area contributed by atoms with Gasteiger partial charge in [0.2, 0.25) is 0 Å². The Morgan fingerprint density at radius 2 is 1.76 bits per heavy atom. The number of aliphatic carboxylic acids is 1. The fourth-order valence-electron chi connectivity index (χ4n) is 4.94. The number of hydrogen-bond acceptors (Lipinski definition) is 4. The summed E-state index contributed by atoms with van der Waals surface area (Å²) in [5, 5.41) is 29.4. The van der Waals surface area contributed by atoms with Crippen LogP contribution >= 0.6 is 0 Å². The maximum absolute atomic E-state index is 14.1. The largest absolute Gasteiger partial charge is 0.480 e. The van der Waals surface area contributed by atoms with Crippen molar-refractivity contribution in [3.05, 3.63) is 94.0 Å². The minimum absolute atomic E-state index is 0.00235. The summed E-state index contributed by atoms with van der Waals surface area (Å²) in [6.07, 6.45) is 0.0298. The number of carboxylic acid groups (broad SMARTS) is 1. The second kappa shape index (κ2) is 11.6. The molecule has 0 radical (unpaired) electrons. The first kappa shape index (κ1) is 27.1. The molecule has 1 aliphatic rings. The van der Waals surface area contributed by atoms with Crippen LogP contribution in [0.2, 0.25) is 0 Å². The predicted molar refractivity (Wildman–Crippen MR) is 139 cm³/mol. The van der Waals surface area contributed by atoms with Crippen molar-refractivity contribution < 1.29 is 28.2 Å². The molecular formula is C30H27F3N2O3. The number of aliphatic hydroxyl groups excluding tert-OH is 1. The number of alkyl halides is 3. The highest BCUT2D eigenvalue weighted by molar-refractivity contribution is 5.81. The standard InChI is InChI=1S/C30H27F3N2O3/c31-30(32,33)27-16-23(18-35-14-5-4-11-28(35)29(37)38)24(19-36)15-22(27)13-12-21-9-6-10-25(26(21)17-34)20-7-2-1-3-8-20/h1-3,6-10,12-13,15-16,28,36H,4-5,11,14,18-19H2,(H,37,38)/b13-12+/t28-/m0/s1. The van der Waals surface area contributed by atoms with Crippen LogP contribution in [0.4, 0.5) is 13.2 Å². The number of likely N-dealkylation sites (tertiary alicyclic amines) is 1. The zero-order chi connectivity index (χ0) is 27.3. The third kappa shape index (κ3) is 5.96. The molecule has 0 spiro atoms. The number of benzene rings is 3. The molecule has 2 N–H and O–H groups in total. The number of hydrogen-bond donors (Lipinski definition) is 2. The lowest BCUT2D eigenvalue weighted by Crippen LogP contribution is -2.44. The number of nitrogens with zero attached hydrogens (tertiary/aromatic N) is 2. The van der Waals surface area contributed by atoms with E-state index in [4.69, 9.17) is 0 Å². The summed E-state index contributed by atoms with van der Waals surface area (Å²) < 4.78 is 42.4. The van der Waals surface area contributed by atoms with E-state index in [-0.39, 0.29) is 17.7 Å². The van der Waals surface area contributed by atoms with Crippen LogP contribution in [0.15, 0.2) is 60.7 Å². The Balaban J connectivity index is 1.74. The molecule has 0 saturated carbocycles. The Bertz CT molecular complexity index is 1380. The van der Waals surface area contributed by atoms with E-state index in [9.17, 15) is 33.4 Å². The molecule has 0 amide bonds. The van der Waals surface area contributed by atoms with Crippen molar-refractivity contribution >= 4 is 18.1 Å². The van der Waals surface area contributed by atoms with Gasteiger partial charge in [0.15, 0.2) is 0 Å². The molecule has 196 valence electrons. The highest BCUT2D eigenvalue weighted by atomic mass is 19.4. The van der Waals surface area contributed by atoms with Gasteiger partial charge in [0, 0.05) is 12.1 Å². The first-order chi connectivity index (χ1) is 18.2. The topological polar surface area (TPSA) is 84.6 Å². The van der Waals surface area contributed by atoms with Gasteiger partial charge in [-0.2, -0.15) is 18.4 Å². The Labute approximate surface area is 219 Å². The maximum atomic E-state index is 14.1. The predicted octanol–water partition coefficient (Wildman–Crippen LogP) is 6.35. The minimum atomic E-state index is -4.68. The van der Waals surface area contributed by atoms with Gasteiger partial charge in [-0.1, -0.05) is 67.1 Å². The van der Waals surface area contributed by atoms with Crippen LogP contribution < -0.4 is 0 Å². The SMILES string of the molecule is N#Cc1c(/C=C/c2cc(CO)c(CN3CCCC[C@H]3C(=O)O)cc2C(F)(F)F)cccc1-c1ccccc1. The van der Waals surface area contributed by atoms with Crippen molar-refractivity contribution in [2.75, 3.05) is 6.54 Å². The number of halogens is 3. The van der Waals surface area contributed by atoms with E-state index >= 15 is 0 Å². The molecule has 0 unspecified atom stereocenters. The van der Waals surface area contributed by atoms with Gasteiger partial charge in [0.05, 0.1) is 17.7 Å². The second-order valence-electron chi connectivity index (χ2n) is 9.27. The number of carbonyl (C=O) groups is 1. The van der Waals surface area contributed by atoms with Crippen LogP contribution in [-0.4, -0.2) is 33.7 Å². The smallest absolute Gasteiger partial charge is 0.416 e. The third-order valence-corrected chi connectivity index (χ3v) is 6.86. The molecule has 5 nitrogen and oxygen atoms in total. The highest BCUT2D eigenvalue weighted by Gasteiger charge is 2.35. The van der Waals surface area contributed by atoms with E-state index in [1.54, 1.807) is 23.1 Å². The van der Waals surface area contributed by atoms with Gasteiger partial charge in [-0.15, -0.1) is 0 Å². The Morgan fingerprint density at radius 3 is 2.42 bits per heavy atom. The van der Waals surface area contributed by atoms with Crippen molar-refractivity contribution in [2.24, 2.45) is 0 Å². The number of nitriles is 1. The van der Waals surface area contributed by atoms with E-state index in [1.165, 1.54) is 18.2 Å². The Kier molecular flexibility index (Phi) is 8.30. The fourth-order valence-corrected chi connectivity index (χ4v) is 4.94. The van der Waals surface area contributed by atoms with E-state index in [2.05, 4.69) is 6.07 Å². The number of piperidine rings is 1. The van der Waals surface area contributed by atoms with Crippen molar-refractivity contribution in [2.45, 2.75) is 44.6 Å². The summed E-state index contributed by atoms with van der Waals surface area (Å²) in [7, 11) is 0. The molecule has 1 atom stereocenters. The summed E-state index contributed by atoms with van der Waals surface area (Å²) in [5.41, 5.74) is 1.81. The highest BCUT2D eigenvalue weighted by Crippen LogP contribution is 2.36. The number of rotatable bonds is 7. The van der Waals surface area contributed by atoms with Crippen LogP contribution in [-0.2, 0) is 24.1 Å². The van der Waals surface area contributed by atoms with Gasteiger partial charge in [-0.05, 0) is 59.3 Å². The van der Waals surface area contributed by atoms with Gasteiger partial charge in [-0.25, -0.2) is 0 Å². The van der Waals surface area contributed by atoms with Crippen LogP contribution in [0.5, 0.6) is 0 Å². The zero-order valence-electron chi connectivity index (χ0n) is 20.6. The second-order valence-corrected chi connectivity index (χ2v) is 9.27. The lowest BCUT2D eigenvalue weighted by molar-refractivity contribution is -0.145. The summed E-state index contributed by atoms with van der Waals surface area (Å²) in [5.74, 6) is -1.00. The van der Waals surface area contributed by atoms with Gasteiger partial charge < -0.3 is 10.2 Å². The summed E-state index contributed by atoms with van der Waals surface area (Å²) in [4.78, 5) is 13.3. The van der Waals surface area contributed by atoms with Crippen LogP contribution in [0.3, 0.4) is 0 Å². The molecule has 3 aromatic carbocycles. The van der Waals surface area contributed by atoms with Gasteiger partial charge >= 0.3 is 12.1 Å². The molecule has 0 bridgehead atoms. The first-order valence-electron chi connectivity index (χ1n) is 12.3. The first-order valence-corrected chi connectivity index (χ1v) is 12.3. The normalized spacial score (nSPS) is 16.4. The molecule has 38 heavy (non-hydrogen) atoms. The van der Waals surface area contributed by atoms with E-state index < -0.39 is 30.4 Å². The van der Waals surface area contributed by atoms with E-state index in [0.29, 0.717) is 35.2 Å². The summed E-state index contributed by atoms with van der Waals surface area (Å²) >= 11 is 0. The summed E-state index contributed by atoms with van der Waals surface area (Å²) in [6, 6.07) is 18.1.